The molecule has 2 heterocycles. The minimum Gasteiger partial charge on any atom is -0.339 e. The molecule has 6 nitrogen and oxygen atoms in total. The predicted molar refractivity (Wildman–Crippen MR) is 73.3 cm³/mol. The van der Waals surface area contributed by atoms with Crippen molar-refractivity contribution in [3.63, 3.8) is 0 Å². The van der Waals surface area contributed by atoms with E-state index < -0.39 is 21.8 Å². The van der Waals surface area contributed by atoms with Gasteiger partial charge in [0.05, 0.1) is 14.2 Å². The highest BCUT2D eigenvalue weighted by Gasteiger charge is 2.40. The maximum absolute atomic E-state index is 12.1. The molecule has 0 bridgehead atoms. The van der Waals surface area contributed by atoms with Gasteiger partial charge >= 0.3 is 12.1 Å². The number of alkyl halides is 3. The molecule has 1 saturated heterocycles. The normalized spacial score (nSPS) is 18.4. The van der Waals surface area contributed by atoms with Crippen LogP contribution in [-0.2, 0) is 14.5 Å². The third kappa shape index (κ3) is 4.13. The third-order valence-corrected chi connectivity index (χ3v) is 5.29. The fourth-order valence-electron chi connectivity index (χ4n) is 1.68. The highest BCUT2D eigenvalue weighted by Crippen LogP contribution is 2.20. The standard InChI is InChI=1S/C10H10BrF3N4O2S/c11-7-5-15-9(16-6-7)18-1-3-21(20,4-2-18)17-8(19)10(12,13)14/h5-6H,1-4H2. The van der Waals surface area contributed by atoms with Gasteiger partial charge in [0.1, 0.15) is 0 Å². The van der Waals surface area contributed by atoms with Crippen molar-refractivity contribution in [3.05, 3.63) is 16.9 Å². The summed E-state index contributed by atoms with van der Waals surface area (Å²) in [5.41, 5.74) is 0. The minimum atomic E-state index is -5.09. The molecule has 0 spiro atoms. The van der Waals surface area contributed by atoms with Crippen molar-refractivity contribution in [1.82, 2.24) is 9.97 Å². The molecule has 0 unspecified atom stereocenters. The molecule has 11 heteroatoms. The third-order valence-electron chi connectivity index (χ3n) is 2.74. The van der Waals surface area contributed by atoms with E-state index in [4.69, 9.17) is 0 Å². The molecule has 0 atom stereocenters. The Labute approximate surface area is 127 Å². The first-order valence-electron chi connectivity index (χ1n) is 5.76. The molecular weight excluding hydrogens is 377 g/mol. The van der Waals surface area contributed by atoms with E-state index in [1.54, 1.807) is 4.90 Å². The van der Waals surface area contributed by atoms with Crippen molar-refractivity contribution in [3.8, 4) is 0 Å². The molecule has 1 aliphatic heterocycles. The first-order chi connectivity index (χ1) is 9.70. The molecule has 0 saturated carbocycles. The van der Waals surface area contributed by atoms with Crippen LogP contribution in [0.4, 0.5) is 19.1 Å². The van der Waals surface area contributed by atoms with Crippen LogP contribution in [0.3, 0.4) is 0 Å². The van der Waals surface area contributed by atoms with Gasteiger partial charge in [-0.3, -0.25) is 4.79 Å². The quantitative estimate of drug-likeness (QED) is 0.732. The van der Waals surface area contributed by atoms with Crippen LogP contribution in [0.25, 0.3) is 0 Å². The van der Waals surface area contributed by atoms with Crippen molar-refractivity contribution < 1.29 is 22.2 Å². The highest BCUT2D eigenvalue weighted by molar-refractivity contribution is 9.10. The van der Waals surface area contributed by atoms with E-state index in [2.05, 4.69) is 30.3 Å². The highest BCUT2D eigenvalue weighted by atomic mass is 79.9. The Hall–Kier alpha value is -1.23. The van der Waals surface area contributed by atoms with Crippen LogP contribution in [0.1, 0.15) is 0 Å². The molecule has 1 fully saturated rings. The number of carbonyl (C=O) groups excluding carboxylic acids is 1. The van der Waals surface area contributed by atoms with Crippen LogP contribution >= 0.6 is 15.9 Å². The molecular formula is C10H10BrF3N4O2S. The van der Waals surface area contributed by atoms with Crippen LogP contribution in [-0.4, -0.2) is 50.9 Å². The molecule has 0 radical (unpaired) electrons. The Morgan fingerprint density at radius 2 is 1.81 bits per heavy atom. The average molecular weight is 387 g/mol. The zero-order chi connectivity index (χ0) is 15.7. The Morgan fingerprint density at radius 3 is 2.29 bits per heavy atom. The van der Waals surface area contributed by atoms with Crippen LogP contribution in [0.5, 0.6) is 0 Å². The van der Waals surface area contributed by atoms with E-state index >= 15 is 0 Å². The molecule has 1 aromatic heterocycles. The molecule has 1 aliphatic rings. The maximum Gasteiger partial charge on any atom is 0.474 e. The smallest absolute Gasteiger partial charge is 0.339 e. The van der Waals surface area contributed by atoms with Gasteiger partial charge in [0.15, 0.2) is 0 Å². The molecule has 0 N–H and O–H groups in total. The van der Waals surface area contributed by atoms with E-state index in [1.165, 1.54) is 12.4 Å². The molecule has 116 valence electrons. The Bertz CT molecular complexity index is 641. The number of halogens is 4. The van der Waals surface area contributed by atoms with Crippen LogP contribution < -0.4 is 4.90 Å². The second-order valence-electron chi connectivity index (χ2n) is 4.26. The number of aromatic nitrogens is 2. The van der Waals surface area contributed by atoms with Crippen molar-refractivity contribution in [2.45, 2.75) is 6.18 Å². The van der Waals surface area contributed by atoms with Gasteiger partial charge in [-0.05, 0) is 15.9 Å². The number of carbonyl (C=O) groups is 1. The second kappa shape index (κ2) is 5.87. The number of anilines is 1. The predicted octanol–water partition coefficient (Wildman–Crippen LogP) is 1.62. The molecule has 0 aliphatic carbocycles. The number of amides is 1. The second-order valence-corrected chi connectivity index (χ2v) is 7.72. The van der Waals surface area contributed by atoms with Gasteiger partial charge in [-0.25, -0.2) is 14.2 Å². The zero-order valence-electron chi connectivity index (χ0n) is 10.5. The molecule has 2 rings (SSSR count). The summed E-state index contributed by atoms with van der Waals surface area (Å²) in [6.45, 7) is 0.351. The van der Waals surface area contributed by atoms with Gasteiger partial charge in [-0.2, -0.15) is 17.5 Å². The molecule has 21 heavy (non-hydrogen) atoms. The molecule has 1 aromatic rings. The summed E-state index contributed by atoms with van der Waals surface area (Å²) in [6.07, 6.45) is -2.02. The summed E-state index contributed by atoms with van der Waals surface area (Å²) in [6, 6.07) is 0. The topological polar surface area (TPSA) is 75.5 Å². The summed E-state index contributed by atoms with van der Waals surface area (Å²) in [5, 5.41) is 0. The Kier molecular flexibility index (Phi) is 4.51. The van der Waals surface area contributed by atoms with E-state index in [0.29, 0.717) is 10.4 Å². The number of rotatable bonds is 1. The molecule has 1 amide bonds. The number of hydrogen-bond donors (Lipinski definition) is 0. The van der Waals surface area contributed by atoms with Gasteiger partial charge in [-0.1, -0.05) is 0 Å². The summed E-state index contributed by atoms with van der Waals surface area (Å²) < 4.78 is 52.1. The van der Waals surface area contributed by atoms with Crippen LogP contribution in [0, 0.1) is 0 Å². The van der Waals surface area contributed by atoms with Gasteiger partial charge < -0.3 is 4.90 Å². The van der Waals surface area contributed by atoms with E-state index in [-0.39, 0.29) is 24.6 Å². The van der Waals surface area contributed by atoms with E-state index in [1.807, 2.05) is 0 Å². The lowest BCUT2D eigenvalue weighted by atomic mass is 10.5. The van der Waals surface area contributed by atoms with Gasteiger partial charge in [0.25, 0.3) is 0 Å². The largest absolute Gasteiger partial charge is 0.474 e. The van der Waals surface area contributed by atoms with Gasteiger partial charge in [0.2, 0.25) is 5.95 Å². The van der Waals surface area contributed by atoms with Crippen molar-refractivity contribution in [1.29, 1.82) is 0 Å². The average Bonchev–Trinajstić information content (AvgIpc) is 2.39. The van der Waals surface area contributed by atoms with Crippen molar-refractivity contribution in [2.24, 2.45) is 4.36 Å². The fraction of sp³-hybridized carbons (Fsp3) is 0.500. The monoisotopic (exact) mass is 386 g/mol. The van der Waals surface area contributed by atoms with E-state index in [0.717, 1.165) is 0 Å². The Balaban J connectivity index is 2.09. The number of hydrogen-bond acceptors (Lipinski definition) is 5. The fourth-order valence-corrected chi connectivity index (χ4v) is 3.69. The lowest BCUT2D eigenvalue weighted by Gasteiger charge is -2.28. The van der Waals surface area contributed by atoms with E-state index in [9.17, 15) is 22.2 Å². The SMILES string of the molecule is O=C(N=S1(=O)CCN(c2ncc(Br)cn2)CC1)C(F)(F)F. The summed E-state index contributed by atoms with van der Waals surface area (Å²) in [7, 11) is -3.17. The minimum absolute atomic E-state index is 0.131. The number of nitrogens with zero attached hydrogens (tertiary/aromatic N) is 4. The zero-order valence-corrected chi connectivity index (χ0v) is 12.9. The van der Waals surface area contributed by atoms with Crippen molar-refractivity contribution >= 4 is 37.5 Å². The summed E-state index contributed by atoms with van der Waals surface area (Å²) >= 11 is 3.18. The van der Waals surface area contributed by atoms with Crippen molar-refractivity contribution in [2.75, 3.05) is 29.5 Å². The first kappa shape index (κ1) is 16.1. The van der Waals surface area contributed by atoms with Crippen LogP contribution in [0.2, 0.25) is 0 Å². The lowest BCUT2D eigenvalue weighted by molar-refractivity contribution is -0.169. The maximum atomic E-state index is 12.1. The van der Waals surface area contributed by atoms with Crippen LogP contribution in [0.15, 0.2) is 21.2 Å². The summed E-state index contributed by atoms with van der Waals surface area (Å²) in [5.74, 6) is -2.16. The van der Waals surface area contributed by atoms with Gasteiger partial charge in [0, 0.05) is 37.0 Å². The molecule has 0 aromatic carbocycles. The first-order valence-corrected chi connectivity index (χ1v) is 8.40. The lowest BCUT2D eigenvalue weighted by Crippen LogP contribution is -2.41. The Morgan fingerprint density at radius 1 is 1.29 bits per heavy atom. The summed E-state index contributed by atoms with van der Waals surface area (Å²) in [4.78, 5) is 20.6. The van der Waals surface area contributed by atoms with Gasteiger partial charge in [-0.15, -0.1) is 0 Å².